The quantitative estimate of drug-likeness (QED) is 0.828. The highest BCUT2D eigenvalue weighted by Gasteiger charge is 2.46. The number of hydrogen-bond acceptors (Lipinski definition) is 2. The lowest BCUT2D eigenvalue weighted by atomic mass is 10.0. The lowest BCUT2D eigenvalue weighted by Crippen LogP contribution is -2.33. The molecule has 2 rings (SSSR count). The Bertz CT molecular complexity index is 429. The standard InChI is InChI=1S/C11H12FNO3/c1-16-9-6-7(2-3-8(9)12)11(4-5-11)13-10(14)15/h2-3,6,13H,4-5H2,1H3,(H,14,15). The second kappa shape index (κ2) is 3.66. The van der Waals surface area contributed by atoms with Crippen LogP contribution in [0, 0.1) is 5.82 Å². The van der Waals surface area contributed by atoms with Crippen molar-refractivity contribution in [2.75, 3.05) is 7.11 Å². The third kappa shape index (κ3) is 1.80. The maximum Gasteiger partial charge on any atom is 0.405 e. The number of ether oxygens (including phenoxy) is 1. The number of nitrogens with one attached hydrogen (secondary N) is 1. The molecule has 1 amide bonds. The molecule has 0 aliphatic heterocycles. The van der Waals surface area contributed by atoms with Gasteiger partial charge in [-0.15, -0.1) is 0 Å². The van der Waals surface area contributed by atoms with Crippen LogP contribution in [0.1, 0.15) is 18.4 Å². The maximum absolute atomic E-state index is 13.2. The number of methoxy groups -OCH3 is 1. The second-order valence-corrected chi connectivity index (χ2v) is 3.86. The van der Waals surface area contributed by atoms with Crippen LogP contribution < -0.4 is 10.1 Å². The van der Waals surface area contributed by atoms with Gasteiger partial charge in [0, 0.05) is 0 Å². The minimum absolute atomic E-state index is 0.135. The predicted molar refractivity (Wildman–Crippen MR) is 55.0 cm³/mol. The molecule has 86 valence electrons. The van der Waals surface area contributed by atoms with Crippen LogP contribution in [0.3, 0.4) is 0 Å². The summed E-state index contributed by atoms with van der Waals surface area (Å²) in [4.78, 5) is 10.6. The van der Waals surface area contributed by atoms with Crippen molar-refractivity contribution in [2.24, 2.45) is 0 Å². The van der Waals surface area contributed by atoms with Crippen LogP contribution in [0.4, 0.5) is 9.18 Å². The monoisotopic (exact) mass is 225 g/mol. The number of carboxylic acid groups (broad SMARTS) is 1. The molecule has 0 heterocycles. The summed E-state index contributed by atoms with van der Waals surface area (Å²) in [6.07, 6.45) is 0.392. The Labute approximate surface area is 92.0 Å². The van der Waals surface area contributed by atoms with E-state index in [-0.39, 0.29) is 5.75 Å². The highest BCUT2D eigenvalue weighted by atomic mass is 19.1. The van der Waals surface area contributed by atoms with Gasteiger partial charge < -0.3 is 15.2 Å². The molecule has 1 fully saturated rings. The van der Waals surface area contributed by atoms with Gasteiger partial charge >= 0.3 is 6.09 Å². The van der Waals surface area contributed by atoms with Crippen LogP contribution in [0.5, 0.6) is 5.75 Å². The molecular formula is C11H12FNO3. The van der Waals surface area contributed by atoms with Gasteiger partial charge in [-0.1, -0.05) is 6.07 Å². The zero-order valence-electron chi connectivity index (χ0n) is 8.79. The minimum Gasteiger partial charge on any atom is -0.494 e. The van der Waals surface area contributed by atoms with Crippen LogP contribution in [0.15, 0.2) is 18.2 Å². The van der Waals surface area contributed by atoms with Gasteiger partial charge in [0.15, 0.2) is 11.6 Å². The van der Waals surface area contributed by atoms with Gasteiger partial charge in [0.1, 0.15) is 0 Å². The Morgan fingerprint density at radius 3 is 2.75 bits per heavy atom. The zero-order valence-corrected chi connectivity index (χ0v) is 8.79. The van der Waals surface area contributed by atoms with Crippen LogP contribution in [-0.2, 0) is 5.54 Å². The smallest absolute Gasteiger partial charge is 0.405 e. The van der Waals surface area contributed by atoms with Crippen LogP contribution in [-0.4, -0.2) is 18.3 Å². The van der Waals surface area contributed by atoms with Crippen molar-refractivity contribution in [2.45, 2.75) is 18.4 Å². The molecule has 1 saturated carbocycles. The summed E-state index contributed by atoms with van der Waals surface area (Å²) in [6.45, 7) is 0. The van der Waals surface area contributed by atoms with E-state index in [9.17, 15) is 9.18 Å². The average Bonchev–Trinajstić information content (AvgIpc) is 2.98. The molecule has 0 unspecified atom stereocenters. The Morgan fingerprint density at radius 1 is 1.56 bits per heavy atom. The van der Waals surface area contributed by atoms with Crippen molar-refractivity contribution in [3.05, 3.63) is 29.6 Å². The van der Waals surface area contributed by atoms with Crippen molar-refractivity contribution in [1.82, 2.24) is 5.32 Å². The van der Waals surface area contributed by atoms with Gasteiger partial charge in [-0.25, -0.2) is 9.18 Å². The van der Waals surface area contributed by atoms with Crippen LogP contribution in [0.25, 0.3) is 0 Å². The highest BCUT2D eigenvalue weighted by molar-refractivity contribution is 5.67. The van der Waals surface area contributed by atoms with E-state index >= 15 is 0 Å². The third-order valence-electron chi connectivity index (χ3n) is 2.80. The topological polar surface area (TPSA) is 58.6 Å². The van der Waals surface area contributed by atoms with E-state index in [0.717, 1.165) is 18.4 Å². The van der Waals surface area contributed by atoms with Gasteiger partial charge in [0.05, 0.1) is 12.6 Å². The van der Waals surface area contributed by atoms with Crippen molar-refractivity contribution in [1.29, 1.82) is 0 Å². The van der Waals surface area contributed by atoms with Crippen LogP contribution in [0.2, 0.25) is 0 Å². The van der Waals surface area contributed by atoms with Gasteiger partial charge in [0.25, 0.3) is 0 Å². The summed E-state index contributed by atoms with van der Waals surface area (Å²) in [6, 6.07) is 4.41. The van der Waals surface area contributed by atoms with Gasteiger partial charge in [-0.2, -0.15) is 0 Å². The molecule has 1 aromatic carbocycles. The molecule has 2 N–H and O–H groups in total. The summed E-state index contributed by atoms with van der Waals surface area (Å²) in [5, 5.41) is 11.2. The summed E-state index contributed by atoms with van der Waals surface area (Å²) in [5.74, 6) is -0.312. The average molecular weight is 225 g/mol. The Kier molecular flexibility index (Phi) is 2.46. The largest absolute Gasteiger partial charge is 0.494 e. The molecule has 0 atom stereocenters. The SMILES string of the molecule is COc1cc(C2(NC(=O)O)CC2)ccc1F. The van der Waals surface area contributed by atoms with Gasteiger partial charge in [-0.05, 0) is 30.5 Å². The molecular weight excluding hydrogens is 213 g/mol. The van der Waals surface area contributed by atoms with Crippen LogP contribution >= 0.6 is 0 Å². The molecule has 1 aliphatic rings. The van der Waals surface area contributed by atoms with E-state index in [1.54, 1.807) is 6.07 Å². The lowest BCUT2D eigenvalue weighted by Gasteiger charge is -2.16. The Balaban J connectivity index is 2.30. The number of hydrogen-bond donors (Lipinski definition) is 2. The number of carbonyl (C=O) groups is 1. The first kappa shape index (κ1) is 10.7. The van der Waals surface area contributed by atoms with E-state index in [1.807, 2.05) is 0 Å². The van der Waals surface area contributed by atoms with Crippen molar-refractivity contribution in [3.8, 4) is 5.75 Å². The number of amides is 1. The van der Waals surface area contributed by atoms with E-state index in [1.165, 1.54) is 19.2 Å². The van der Waals surface area contributed by atoms with E-state index < -0.39 is 17.4 Å². The maximum atomic E-state index is 13.2. The van der Waals surface area contributed by atoms with Crippen molar-refractivity contribution in [3.63, 3.8) is 0 Å². The zero-order chi connectivity index (χ0) is 11.8. The molecule has 5 heteroatoms. The number of rotatable bonds is 3. The predicted octanol–water partition coefficient (Wildman–Crippen LogP) is 2.09. The fourth-order valence-electron chi connectivity index (χ4n) is 1.77. The summed E-state index contributed by atoms with van der Waals surface area (Å²) in [5.41, 5.74) is 0.195. The lowest BCUT2D eigenvalue weighted by molar-refractivity contribution is 0.188. The first-order valence-corrected chi connectivity index (χ1v) is 4.92. The van der Waals surface area contributed by atoms with Gasteiger partial charge in [0.2, 0.25) is 0 Å². The molecule has 4 nitrogen and oxygen atoms in total. The summed E-state index contributed by atoms with van der Waals surface area (Å²) >= 11 is 0. The molecule has 0 bridgehead atoms. The minimum atomic E-state index is -1.07. The molecule has 1 aliphatic carbocycles. The number of benzene rings is 1. The molecule has 1 aromatic rings. The van der Waals surface area contributed by atoms with Crippen molar-refractivity contribution >= 4 is 6.09 Å². The van der Waals surface area contributed by atoms with E-state index in [0.29, 0.717) is 0 Å². The second-order valence-electron chi connectivity index (χ2n) is 3.86. The van der Waals surface area contributed by atoms with E-state index in [4.69, 9.17) is 9.84 Å². The fraction of sp³-hybridized carbons (Fsp3) is 0.364. The molecule has 0 saturated heterocycles. The number of halogens is 1. The molecule has 0 spiro atoms. The third-order valence-corrected chi connectivity index (χ3v) is 2.80. The van der Waals surface area contributed by atoms with Crippen molar-refractivity contribution < 1.29 is 19.0 Å². The summed E-state index contributed by atoms with van der Waals surface area (Å²) in [7, 11) is 1.38. The molecule has 0 aromatic heterocycles. The molecule has 16 heavy (non-hydrogen) atoms. The van der Waals surface area contributed by atoms with Gasteiger partial charge in [-0.3, -0.25) is 0 Å². The highest BCUT2D eigenvalue weighted by Crippen LogP contribution is 2.46. The fourth-order valence-corrected chi connectivity index (χ4v) is 1.77. The normalized spacial score (nSPS) is 16.6. The Morgan fingerprint density at radius 2 is 2.25 bits per heavy atom. The summed E-state index contributed by atoms with van der Waals surface area (Å²) < 4.78 is 18.0. The Hall–Kier alpha value is -1.78. The first-order chi connectivity index (χ1) is 7.57. The molecule has 0 radical (unpaired) electrons. The first-order valence-electron chi connectivity index (χ1n) is 4.92. The van der Waals surface area contributed by atoms with E-state index in [2.05, 4.69) is 5.32 Å².